The zero-order valence-electron chi connectivity index (χ0n) is 14.8. The summed E-state index contributed by atoms with van der Waals surface area (Å²) in [7, 11) is 0. The van der Waals surface area contributed by atoms with Gasteiger partial charge in [-0.15, -0.1) is 0 Å². The van der Waals surface area contributed by atoms with Gasteiger partial charge in [-0.3, -0.25) is 0 Å². The monoisotopic (exact) mass is 345 g/mol. The molecule has 1 atom stereocenters. The Balaban J connectivity index is 1.53. The lowest BCUT2D eigenvalue weighted by Crippen LogP contribution is -2.59. The van der Waals surface area contributed by atoms with Gasteiger partial charge in [-0.25, -0.2) is 9.59 Å². The number of benzene rings is 1. The van der Waals surface area contributed by atoms with Crippen molar-refractivity contribution >= 4 is 23.4 Å². The average Bonchev–Trinajstić information content (AvgIpc) is 2.91. The third-order valence-corrected chi connectivity index (χ3v) is 4.77. The predicted molar refractivity (Wildman–Crippen MR) is 93.0 cm³/mol. The Morgan fingerprint density at radius 2 is 2.12 bits per heavy atom. The highest BCUT2D eigenvalue weighted by Gasteiger charge is 2.36. The van der Waals surface area contributed by atoms with E-state index in [0.29, 0.717) is 25.3 Å². The van der Waals surface area contributed by atoms with Gasteiger partial charge in [-0.2, -0.15) is 0 Å². The van der Waals surface area contributed by atoms with Crippen LogP contribution in [0.2, 0.25) is 0 Å². The van der Waals surface area contributed by atoms with Crippen LogP contribution in [0.15, 0.2) is 12.1 Å². The summed E-state index contributed by atoms with van der Waals surface area (Å²) in [6.45, 7) is 8.68. The fraction of sp³-hybridized carbons (Fsp3) is 0.556. The number of nitrogens with one attached hydrogen (secondary N) is 1. The smallest absolute Gasteiger partial charge is 0.410 e. The van der Waals surface area contributed by atoms with Crippen LogP contribution in [0, 0.1) is 0 Å². The van der Waals surface area contributed by atoms with E-state index in [9.17, 15) is 9.59 Å². The minimum absolute atomic E-state index is 0.185. The number of esters is 1. The molecule has 7 nitrogen and oxygen atoms in total. The van der Waals surface area contributed by atoms with Gasteiger partial charge in [0.2, 0.25) is 0 Å². The predicted octanol–water partition coefficient (Wildman–Crippen LogP) is 2.21. The molecule has 25 heavy (non-hydrogen) atoms. The van der Waals surface area contributed by atoms with Crippen LogP contribution in [0.4, 0.5) is 16.2 Å². The van der Waals surface area contributed by atoms with E-state index in [1.807, 2.05) is 32.9 Å². The molecule has 0 saturated carbocycles. The normalized spacial score (nSPS) is 21.7. The molecule has 1 N–H and O–H groups in total. The van der Waals surface area contributed by atoms with Gasteiger partial charge in [0, 0.05) is 31.7 Å². The van der Waals surface area contributed by atoms with E-state index in [0.717, 1.165) is 30.0 Å². The summed E-state index contributed by atoms with van der Waals surface area (Å²) in [5, 5.41) is 3.39. The third-order valence-electron chi connectivity index (χ3n) is 4.77. The number of fused-ring (bicyclic) bond motifs is 4. The van der Waals surface area contributed by atoms with Crippen molar-refractivity contribution < 1.29 is 19.1 Å². The summed E-state index contributed by atoms with van der Waals surface area (Å²) in [6, 6.07) is 4.11. The van der Waals surface area contributed by atoms with Crippen LogP contribution in [-0.4, -0.2) is 54.8 Å². The summed E-state index contributed by atoms with van der Waals surface area (Å²) in [6.07, 6.45) is -0.258. The number of cyclic esters (lactones) is 1. The SMILES string of the molecule is CC(C)(C)OC(=O)N1CCN2c3cc4c(cc3NC[C@@H]2C1)C(=O)OC4. The number of piperazine rings is 1. The average molecular weight is 345 g/mol. The Morgan fingerprint density at radius 3 is 2.88 bits per heavy atom. The molecular weight excluding hydrogens is 322 g/mol. The highest BCUT2D eigenvalue weighted by molar-refractivity contribution is 5.96. The standard InChI is InChI=1S/C18H23N3O4/c1-18(2,3)25-17(23)20-4-5-21-12(9-20)8-19-14-7-13-11(6-15(14)21)10-24-16(13)22/h6-7,12,19H,4-5,8-10H2,1-3H3/t12-/m1/s1. The second-order valence-corrected chi connectivity index (χ2v) is 7.76. The number of rotatable bonds is 0. The largest absolute Gasteiger partial charge is 0.457 e. The second-order valence-electron chi connectivity index (χ2n) is 7.76. The molecule has 1 saturated heterocycles. The highest BCUT2D eigenvalue weighted by Crippen LogP contribution is 2.37. The van der Waals surface area contributed by atoms with Crippen LogP contribution in [0.25, 0.3) is 0 Å². The van der Waals surface area contributed by atoms with Crippen molar-refractivity contribution in [2.45, 2.75) is 39.0 Å². The van der Waals surface area contributed by atoms with Gasteiger partial charge < -0.3 is 24.6 Å². The molecule has 134 valence electrons. The second kappa shape index (κ2) is 5.54. The molecule has 4 rings (SSSR count). The Labute approximate surface area is 146 Å². The van der Waals surface area contributed by atoms with Crippen LogP contribution >= 0.6 is 0 Å². The zero-order chi connectivity index (χ0) is 17.8. The van der Waals surface area contributed by atoms with Gasteiger partial charge >= 0.3 is 12.1 Å². The van der Waals surface area contributed by atoms with E-state index < -0.39 is 5.60 Å². The van der Waals surface area contributed by atoms with Crippen LogP contribution in [-0.2, 0) is 16.1 Å². The van der Waals surface area contributed by atoms with E-state index in [-0.39, 0.29) is 18.1 Å². The highest BCUT2D eigenvalue weighted by atomic mass is 16.6. The molecule has 3 aliphatic rings. The number of nitrogens with zero attached hydrogens (tertiary/aromatic N) is 2. The van der Waals surface area contributed by atoms with Crippen molar-refractivity contribution in [2.75, 3.05) is 36.4 Å². The van der Waals surface area contributed by atoms with Crippen molar-refractivity contribution in [1.82, 2.24) is 4.90 Å². The van der Waals surface area contributed by atoms with Gasteiger partial charge in [0.1, 0.15) is 12.2 Å². The quantitative estimate of drug-likeness (QED) is 0.727. The maximum atomic E-state index is 12.3. The summed E-state index contributed by atoms with van der Waals surface area (Å²) < 4.78 is 10.6. The van der Waals surface area contributed by atoms with Gasteiger partial charge in [-0.05, 0) is 32.9 Å². The van der Waals surface area contributed by atoms with Crippen molar-refractivity contribution in [3.8, 4) is 0 Å². The molecule has 1 aromatic rings. The van der Waals surface area contributed by atoms with E-state index in [2.05, 4.69) is 10.2 Å². The molecule has 0 bridgehead atoms. The number of carbonyl (C=O) groups is 2. The molecule has 0 radical (unpaired) electrons. The Kier molecular flexibility index (Phi) is 3.56. The molecule has 0 aromatic heterocycles. The first-order valence-corrected chi connectivity index (χ1v) is 8.64. The summed E-state index contributed by atoms with van der Waals surface area (Å²) in [5.41, 5.74) is 3.13. The number of hydrogen-bond acceptors (Lipinski definition) is 6. The molecular formula is C18H23N3O4. The topological polar surface area (TPSA) is 71.1 Å². The fourth-order valence-electron chi connectivity index (χ4n) is 3.61. The molecule has 0 spiro atoms. The maximum Gasteiger partial charge on any atom is 0.410 e. The molecule has 3 aliphatic heterocycles. The van der Waals surface area contributed by atoms with Crippen LogP contribution in [0.3, 0.4) is 0 Å². The fourth-order valence-corrected chi connectivity index (χ4v) is 3.61. The number of ether oxygens (including phenoxy) is 2. The summed E-state index contributed by atoms with van der Waals surface area (Å²) in [5.74, 6) is -0.253. The Hall–Kier alpha value is -2.44. The van der Waals surface area contributed by atoms with Crippen LogP contribution in [0.1, 0.15) is 36.7 Å². The lowest BCUT2D eigenvalue weighted by molar-refractivity contribution is 0.0216. The van der Waals surface area contributed by atoms with Gasteiger partial charge in [0.05, 0.1) is 23.0 Å². The number of amides is 1. The maximum absolute atomic E-state index is 12.3. The minimum atomic E-state index is -0.487. The molecule has 1 amide bonds. The first-order chi connectivity index (χ1) is 11.8. The molecule has 0 unspecified atom stereocenters. The Bertz CT molecular complexity index is 741. The minimum Gasteiger partial charge on any atom is -0.457 e. The summed E-state index contributed by atoms with van der Waals surface area (Å²) >= 11 is 0. The first-order valence-electron chi connectivity index (χ1n) is 8.64. The number of anilines is 2. The third kappa shape index (κ3) is 2.88. The molecule has 1 aromatic carbocycles. The lowest BCUT2D eigenvalue weighted by atomic mass is 10.0. The van der Waals surface area contributed by atoms with E-state index in [1.54, 1.807) is 4.90 Å². The van der Waals surface area contributed by atoms with E-state index in [4.69, 9.17) is 9.47 Å². The lowest BCUT2D eigenvalue weighted by Gasteiger charge is -2.46. The van der Waals surface area contributed by atoms with Crippen LogP contribution < -0.4 is 10.2 Å². The van der Waals surface area contributed by atoms with Gasteiger partial charge in [-0.1, -0.05) is 0 Å². The molecule has 7 heteroatoms. The molecule has 3 heterocycles. The van der Waals surface area contributed by atoms with E-state index >= 15 is 0 Å². The molecule has 1 fully saturated rings. The number of hydrogen-bond donors (Lipinski definition) is 1. The van der Waals surface area contributed by atoms with Crippen LogP contribution in [0.5, 0.6) is 0 Å². The Morgan fingerprint density at radius 1 is 1.32 bits per heavy atom. The first kappa shape index (κ1) is 16.1. The zero-order valence-corrected chi connectivity index (χ0v) is 14.8. The van der Waals surface area contributed by atoms with Crippen molar-refractivity contribution in [2.24, 2.45) is 0 Å². The van der Waals surface area contributed by atoms with Gasteiger partial charge in [0.15, 0.2) is 0 Å². The molecule has 0 aliphatic carbocycles. The van der Waals surface area contributed by atoms with Crippen molar-refractivity contribution in [3.63, 3.8) is 0 Å². The van der Waals surface area contributed by atoms with Crippen molar-refractivity contribution in [3.05, 3.63) is 23.3 Å². The van der Waals surface area contributed by atoms with E-state index in [1.165, 1.54) is 0 Å². The van der Waals surface area contributed by atoms with Crippen molar-refractivity contribution in [1.29, 1.82) is 0 Å². The van der Waals surface area contributed by atoms with Gasteiger partial charge in [0.25, 0.3) is 0 Å². The number of carbonyl (C=O) groups excluding carboxylic acids is 2. The summed E-state index contributed by atoms with van der Waals surface area (Å²) in [4.78, 5) is 28.2.